The summed E-state index contributed by atoms with van der Waals surface area (Å²) in [6.45, 7) is 1.30. The number of guanidine groups is 1. The van der Waals surface area contributed by atoms with E-state index in [-0.39, 0.29) is 35.7 Å². The molecular formula is C18H22FIN4O. The summed E-state index contributed by atoms with van der Waals surface area (Å²) in [4.78, 5) is 15.9. The van der Waals surface area contributed by atoms with Gasteiger partial charge in [0.25, 0.3) is 5.91 Å². The van der Waals surface area contributed by atoms with Gasteiger partial charge in [0.05, 0.1) is 0 Å². The quantitative estimate of drug-likeness (QED) is 0.271. The minimum Gasteiger partial charge on any atom is -0.355 e. The molecule has 5 nitrogen and oxygen atoms in total. The van der Waals surface area contributed by atoms with Gasteiger partial charge in [0.15, 0.2) is 5.96 Å². The van der Waals surface area contributed by atoms with Crippen LogP contribution in [0.3, 0.4) is 0 Å². The molecule has 2 rings (SSSR count). The number of nitrogens with one attached hydrogen (secondary N) is 3. The summed E-state index contributed by atoms with van der Waals surface area (Å²) >= 11 is 0. The molecule has 0 aliphatic carbocycles. The molecule has 134 valence electrons. The van der Waals surface area contributed by atoms with Crippen LogP contribution < -0.4 is 16.0 Å². The van der Waals surface area contributed by atoms with Gasteiger partial charge in [0.2, 0.25) is 0 Å². The largest absolute Gasteiger partial charge is 0.355 e. The van der Waals surface area contributed by atoms with Gasteiger partial charge in [-0.1, -0.05) is 36.4 Å². The van der Waals surface area contributed by atoms with E-state index in [1.807, 2.05) is 18.2 Å². The summed E-state index contributed by atoms with van der Waals surface area (Å²) in [5.74, 6) is 0.175. The molecule has 2 aromatic carbocycles. The van der Waals surface area contributed by atoms with Crippen molar-refractivity contribution in [2.75, 3.05) is 20.1 Å². The van der Waals surface area contributed by atoms with E-state index >= 15 is 0 Å². The van der Waals surface area contributed by atoms with Gasteiger partial charge in [-0.05, 0) is 18.2 Å². The molecule has 0 bridgehead atoms. The maximum Gasteiger partial charge on any atom is 0.251 e. The highest BCUT2D eigenvalue weighted by molar-refractivity contribution is 14.0. The van der Waals surface area contributed by atoms with E-state index in [1.165, 1.54) is 6.07 Å². The van der Waals surface area contributed by atoms with Crippen molar-refractivity contribution in [2.24, 2.45) is 4.99 Å². The van der Waals surface area contributed by atoms with Crippen LogP contribution in [0, 0.1) is 5.82 Å². The smallest absolute Gasteiger partial charge is 0.251 e. The summed E-state index contributed by atoms with van der Waals surface area (Å²) in [7, 11) is 1.64. The number of amides is 1. The second kappa shape index (κ2) is 11.4. The van der Waals surface area contributed by atoms with Gasteiger partial charge < -0.3 is 16.0 Å². The third kappa shape index (κ3) is 7.08. The predicted octanol–water partition coefficient (Wildman–Crippen LogP) is 2.54. The van der Waals surface area contributed by atoms with Gasteiger partial charge in [0.1, 0.15) is 5.82 Å². The summed E-state index contributed by atoms with van der Waals surface area (Å²) in [6.07, 6.45) is 0. The van der Waals surface area contributed by atoms with Gasteiger partial charge in [0, 0.05) is 37.8 Å². The van der Waals surface area contributed by atoms with E-state index < -0.39 is 0 Å². The first-order chi connectivity index (χ1) is 11.7. The maximum atomic E-state index is 13.6. The Labute approximate surface area is 164 Å². The molecule has 0 aromatic heterocycles. The van der Waals surface area contributed by atoms with E-state index in [0.717, 1.165) is 0 Å². The highest BCUT2D eigenvalue weighted by atomic mass is 127. The average molecular weight is 456 g/mol. The Bertz CT molecular complexity index is 694. The summed E-state index contributed by atoms with van der Waals surface area (Å²) < 4.78 is 13.6. The predicted molar refractivity (Wildman–Crippen MR) is 109 cm³/mol. The molecule has 3 N–H and O–H groups in total. The summed E-state index contributed by atoms with van der Waals surface area (Å²) in [5.41, 5.74) is 1.19. The van der Waals surface area contributed by atoms with Crippen molar-refractivity contribution in [2.45, 2.75) is 6.54 Å². The van der Waals surface area contributed by atoms with Crippen molar-refractivity contribution in [1.82, 2.24) is 16.0 Å². The Balaban J connectivity index is 0.00000312. The van der Waals surface area contributed by atoms with Crippen LogP contribution in [0.25, 0.3) is 0 Å². The average Bonchev–Trinajstić information content (AvgIpc) is 2.63. The summed E-state index contributed by atoms with van der Waals surface area (Å²) in [6, 6.07) is 15.6. The van der Waals surface area contributed by atoms with E-state index in [4.69, 9.17) is 0 Å². The number of hydrogen-bond donors (Lipinski definition) is 3. The lowest BCUT2D eigenvalue weighted by atomic mass is 10.2. The Morgan fingerprint density at radius 2 is 1.60 bits per heavy atom. The number of benzene rings is 2. The first kappa shape index (κ1) is 20.9. The maximum absolute atomic E-state index is 13.6. The summed E-state index contributed by atoms with van der Waals surface area (Å²) in [5, 5.41) is 8.92. The fraction of sp³-hybridized carbons (Fsp3) is 0.222. The van der Waals surface area contributed by atoms with E-state index in [1.54, 1.807) is 37.4 Å². The first-order valence-electron chi connectivity index (χ1n) is 7.72. The standard InChI is InChI=1S/C18H21FN4O.HI/c1-20-18(23-13-15-9-5-6-10-16(15)19)22-12-11-21-17(24)14-7-3-2-4-8-14;/h2-10H,11-13H2,1H3,(H,21,24)(H2,20,22,23);1H. The Kier molecular flexibility index (Phi) is 9.53. The molecule has 2 aromatic rings. The molecule has 1 amide bonds. The van der Waals surface area contributed by atoms with Crippen LogP contribution in [0.2, 0.25) is 0 Å². The van der Waals surface area contributed by atoms with Gasteiger partial charge >= 0.3 is 0 Å². The number of nitrogens with zero attached hydrogens (tertiary/aromatic N) is 1. The van der Waals surface area contributed by atoms with Crippen LogP contribution in [-0.4, -0.2) is 32.0 Å². The molecule has 0 saturated carbocycles. The molecule has 0 radical (unpaired) electrons. The van der Waals surface area contributed by atoms with Crippen molar-refractivity contribution in [3.05, 3.63) is 71.5 Å². The van der Waals surface area contributed by atoms with Gasteiger partial charge in [-0.25, -0.2) is 4.39 Å². The van der Waals surface area contributed by atoms with Crippen LogP contribution in [-0.2, 0) is 6.54 Å². The minimum atomic E-state index is -0.254. The molecule has 25 heavy (non-hydrogen) atoms. The number of hydrogen-bond acceptors (Lipinski definition) is 2. The third-order valence-corrected chi connectivity index (χ3v) is 3.37. The lowest BCUT2D eigenvalue weighted by Gasteiger charge is -2.12. The second-order valence-corrected chi connectivity index (χ2v) is 5.07. The lowest BCUT2D eigenvalue weighted by molar-refractivity contribution is 0.0954. The van der Waals surface area contributed by atoms with Gasteiger partial charge in [-0.2, -0.15) is 0 Å². The zero-order chi connectivity index (χ0) is 17.2. The highest BCUT2D eigenvalue weighted by Gasteiger charge is 2.04. The van der Waals surface area contributed by atoms with Crippen LogP contribution in [0.4, 0.5) is 4.39 Å². The molecule has 0 fully saturated rings. The zero-order valence-electron chi connectivity index (χ0n) is 14.0. The van der Waals surface area contributed by atoms with Gasteiger partial charge in [-0.15, -0.1) is 24.0 Å². The monoisotopic (exact) mass is 456 g/mol. The number of carbonyl (C=O) groups is 1. The number of halogens is 2. The van der Waals surface area contributed by atoms with Crippen molar-refractivity contribution in [3.63, 3.8) is 0 Å². The van der Waals surface area contributed by atoms with E-state index in [0.29, 0.717) is 36.7 Å². The normalized spacial score (nSPS) is 10.6. The molecule has 0 saturated heterocycles. The number of carbonyl (C=O) groups excluding carboxylic acids is 1. The van der Waals surface area contributed by atoms with Crippen molar-refractivity contribution in [1.29, 1.82) is 0 Å². The van der Waals surface area contributed by atoms with Crippen molar-refractivity contribution in [3.8, 4) is 0 Å². The Hall–Kier alpha value is -2.16. The fourth-order valence-electron chi connectivity index (χ4n) is 2.09. The molecule has 7 heteroatoms. The molecular weight excluding hydrogens is 434 g/mol. The topological polar surface area (TPSA) is 65.5 Å². The SMILES string of the molecule is CN=C(NCCNC(=O)c1ccccc1)NCc1ccccc1F.I. The molecule has 0 unspecified atom stereocenters. The fourth-order valence-corrected chi connectivity index (χ4v) is 2.09. The van der Waals surface area contributed by atoms with Crippen LogP contribution in [0.1, 0.15) is 15.9 Å². The minimum absolute atomic E-state index is 0. The van der Waals surface area contributed by atoms with Crippen molar-refractivity contribution < 1.29 is 9.18 Å². The molecule has 0 aliphatic heterocycles. The Morgan fingerprint density at radius 3 is 2.28 bits per heavy atom. The van der Waals surface area contributed by atoms with Crippen molar-refractivity contribution >= 4 is 35.8 Å². The van der Waals surface area contributed by atoms with E-state index in [2.05, 4.69) is 20.9 Å². The molecule has 0 aliphatic rings. The van der Waals surface area contributed by atoms with E-state index in [9.17, 15) is 9.18 Å². The van der Waals surface area contributed by atoms with Crippen LogP contribution in [0.5, 0.6) is 0 Å². The lowest BCUT2D eigenvalue weighted by Crippen LogP contribution is -2.41. The number of aliphatic imine (C=N–C) groups is 1. The van der Waals surface area contributed by atoms with Crippen LogP contribution in [0.15, 0.2) is 59.6 Å². The first-order valence-corrected chi connectivity index (χ1v) is 7.72. The van der Waals surface area contributed by atoms with Crippen LogP contribution >= 0.6 is 24.0 Å². The second-order valence-electron chi connectivity index (χ2n) is 5.07. The molecule has 0 spiro atoms. The Morgan fingerprint density at radius 1 is 0.960 bits per heavy atom. The zero-order valence-corrected chi connectivity index (χ0v) is 16.3. The number of rotatable bonds is 6. The third-order valence-electron chi connectivity index (χ3n) is 3.37. The van der Waals surface area contributed by atoms with Gasteiger partial charge in [-0.3, -0.25) is 9.79 Å². The molecule has 0 atom stereocenters. The molecule has 0 heterocycles. The highest BCUT2D eigenvalue weighted by Crippen LogP contribution is 2.05.